The number of nitrogens with one attached hydrogen (secondary N) is 3. The van der Waals surface area contributed by atoms with Crippen LogP contribution in [0.15, 0.2) is 53.8 Å². The van der Waals surface area contributed by atoms with Gasteiger partial charge in [0.2, 0.25) is 0 Å². The van der Waals surface area contributed by atoms with Crippen LogP contribution in [-0.2, 0) is 19.4 Å². The monoisotopic (exact) mass is 605 g/mol. The molecule has 10 heteroatoms. The second kappa shape index (κ2) is 19.8. The first-order chi connectivity index (χ1) is 19.9. The summed E-state index contributed by atoms with van der Waals surface area (Å²) in [6.07, 6.45) is 9.53. The molecular weight excluding hydrogens is 554 g/mol. The second-order valence-corrected chi connectivity index (χ2v) is 10.5. The second-order valence-electron chi connectivity index (χ2n) is 9.68. The Balaban J connectivity index is 0.000000649. The number of benzene rings is 1. The van der Waals surface area contributed by atoms with Crippen molar-refractivity contribution in [2.24, 2.45) is 5.84 Å². The first kappa shape index (κ1) is 36.8. The van der Waals surface area contributed by atoms with Crippen LogP contribution in [0.1, 0.15) is 79.5 Å². The van der Waals surface area contributed by atoms with E-state index in [0.29, 0.717) is 4.90 Å². The number of fused-ring (bicyclic) bond motifs is 1. The predicted octanol–water partition coefficient (Wildman–Crippen LogP) is 7.59. The van der Waals surface area contributed by atoms with Gasteiger partial charge in [-0.2, -0.15) is 3.89 Å². The summed E-state index contributed by atoms with van der Waals surface area (Å²) < 4.78 is 15.7. The Labute approximate surface area is 257 Å². The highest BCUT2D eigenvalue weighted by molar-refractivity contribution is 7.94. The van der Waals surface area contributed by atoms with E-state index in [0.717, 1.165) is 60.3 Å². The van der Waals surface area contributed by atoms with Crippen molar-refractivity contribution in [3.05, 3.63) is 60.2 Å². The molecule has 1 aliphatic rings. The van der Waals surface area contributed by atoms with Crippen molar-refractivity contribution in [2.45, 2.75) is 98.1 Å². The predicted molar refractivity (Wildman–Crippen MR) is 180 cm³/mol. The van der Waals surface area contributed by atoms with Gasteiger partial charge in [-0.15, -0.1) is 0 Å². The van der Waals surface area contributed by atoms with Gasteiger partial charge in [-0.05, 0) is 82.3 Å². The van der Waals surface area contributed by atoms with Crippen LogP contribution in [-0.4, -0.2) is 33.2 Å². The maximum atomic E-state index is 13.4. The fourth-order valence-corrected chi connectivity index (χ4v) is 5.31. The molecule has 230 valence electrons. The summed E-state index contributed by atoms with van der Waals surface area (Å²) >= 11 is 4.17. The number of nitrogens with two attached hydrogens (primary N) is 1. The van der Waals surface area contributed by atoms with E-state index in [4.69, 9.17) is 5.84 Å². The molecule has 1 aromatic carbocycles. The van der Waals surface area contributed by atoms with Crippen molar-refractivity contribution in [3.8, 4) is 11.3 Å². The van der Waals surface area contributed by atoms with Gasteiger partial charge in [0.05, 0.1) is 17.8 Å². The molecule has 1 aliphatic heterocycles. The molecule has 3 heterocycles. The maximum absolute atomic E-state index is 13.4. The van der Waals surface area contributed by atoms with Crippen LogP contribution in [0, 0.1) is 0 Å². The molecule has 7 nitrogen and oxygen atoms in total. The van der Waals surface area contributed by atoms with Crippen LogP contribution in [0.5, 0.6) is 0 Å². The van der Waals surface area contributed by atoms with Crippen LogP contribution in [0.3, 0.4) is 0 Å². The first-order valence-corrected chi connectivity index (χ1v) is 16.0. The van der Waals surface area contributed by atoms with Crippen LogP contribution in [0.4, 0.5) is 3.89 Å². The van der Waals surface area contributed by atoms with Crippen molar-refractivity contribution in [2.75, 3.05) is 13.1 Å². The standard InChI is InChI=1S/C23H30FN5S.C4H10N2S.2C2H6/c1-5-20-17(8-7-11-26-20)22-19(15-23(3,4)27-12-13-28-25)18-14-16(30-24)9-10-21(18)29(22)6-2;7-5-6-3-1-2-4-6;2*1-2/h7-14,27-28H,5-6,15,25H2,1-4H3;5,7H,1-4H2;2*1-2H3/b13-12-;;;. The van der Waals surface area contributed by atoms with E-state index in [1.165, 1.54) is 18.4 Å². The van der Waals surface area contributed by atoms with Gasteiger partial charge in [0, 0.05) is 70.8 Å². The zero-order valence-electron chi connectivity index (χ0n) is 26.2. The maximum Gasteiger partial charge on any atom is 0.0812 e. The summed E-state index contributed by atoms with van der Waals surface area (Å²) in [5, 5.41) is 6.59. The topological polar surface area (TPSA) is 83.2 Å². The molecular formula is C31H52FN7S2. The van der Waals surface area contributed by atoms with Gasteiger partial charge in [-0.1, -0.05) is 47.4 Å². The van der Waals surface area contributed by atoms with Crippen molar-refractivity contribution < 1.29 is 3.89 Å². The zero-order valence-corrected chi connectivity index (χ0v) is 27.9. The molecule has 5 N–H and O–H groups in total. The SMILES string of the molecule is CC.CC.CCc1ncccc1-c1c(CC(C)(C)N/C=C\NN)c2cc(SF)ccc2n1CC.SNN1CCCC1. The molecule has 0 radical (unpaired) electrons. The van der Waals surface area contributed by atoms with E-state index >= 15 is 0 Å². The van der Waals surface area contributed by atoms with Gasteiger partial charge >= 0.3 is 0 Å². The van der Waals surface area contributed by atoms with E-state index in [9.17, 15) is 3.89 Å². The fraction of sp³-hybridized carbons (Fsp3) is 0.516. The number of thiol groups is 1. The zero-order chi connectivity index (χ0) is 30.8. The third-order valence-electron chi connectivity index (χ3n) is 6.55. The third kappa shape index (κ3) is 10.5. The number of aromatic nitrogens is 2. The summed E-state index contributed by atoms with van der Waals surface area (Å²) in [6, 6.07) is 9.95. The number of halogens is 1. The van der Waals surface area contributed by atoms with Crippen molar-refractivity contribution in [3.63, 3.8) is 0 Å². The lowest BCUT2D eigenvalue weighted by atomic mass is 9.91. The first-order valence-electron chi connectivity index (χ1n) is 14.8. The number of nitrogens with zero attached hydrogens (tertiary/aromatic N) is 3. The molecule has 0 bridgehead atoms. The lowest BCUT2D eigenvalue weighted by Crippen LogP contribution is -2.38. The molecule has 41 heavy (non-hydrogen) atoms. The Bertz CT molecular complexity index is 1170. The van der Waals surface area contributed by atoms with Crippen LogP contribution in [0.2, 0.25) is 0 Å². The summed E-state index contributed by atoms with van der Waals surface area (Å²) in [6.45, 7) is 19.7. The van der Waals surface area contributed by atoms with Gasteiger partial charge in [-0.25, -0.2) is 9.84 Å². The molecule has 1 fully saturated rings. The lowest BCUT2D eigenvalue weighted by molar-refractivity contribution is 0.317. The van der Waals surface area contributed by atoms with Crippen LogP contribution < -0.4 is 21.4 Å². The minimum Gasteiger partial charge on any atom is -0.384 e. The van der Waals surface area contributed by atoms with E-state index in [-0.39, 0.29) is 17.7 Å². The molecule has 0 amide bonds. The Hall–Kier alpha value is -2.24. The quantitative estimate of drug-likeness (QED) is 0.0925. The summed E-state index contributed by atoms with van der Waals surface area (Å²) in [5.41, 5.74) is 7.93. The molecule has 1 saturated heterocycles. The van der Waals surface area contributed by atoms with Gasteiger partial charge in [0.25, 0.3) is 0 Å². The smallest absolute Gasteiger partial charge is 0.0812 e. The molecule has 2 aromatic heterocycles. The summed E-state index contributed by atoms with van der Waals surface area (Å²) in [7, 11) is 0. The average Bonchev–Trinajstić information content (AvgIpc) is 3.65. The number of rotatable bonds is 10. The highest BCUT2D eigenvalue weighted by Gasteiger charge is 2.26. The Morgan fingerprint density at radius 2 is 1.78 bits per heavy atom. The van der Waals surface area contributed by atoms with Crippen molar-refractivity contribution >= 4 is 35.9 Å². The summed E-state index contributed by atoms with van der Waals surface area (Å²) in [5.74, 6) is 5.35. The van der Waals surface area contributed by atoms with E-state index in [2.05, 4.69) is 76.7 Å². The summed E-state index contributed by atoms with van der Waals surface area (Å²) in [4.78, 5) is 8.03. The molecule has 0 spiro atoms. The van der Waals surface area contributed by atoms with Gasteiger partial charge < -0.3 is 15.3 Å². The van der Waals surface area contributed by atoms with E-state index in [1.807, 2.05) is 64.4 Å². The third-order valence-corrected chi connectivity index (χ3v) is 7.26. The number of hydrogen-bond acceptors (Lipinski definition) is 8. The van der Waals surface area contributed by atoms with E-state index in [1.54, 1.807) is 6.20 Å². The van der Waals surface area contributed by atoms with Crippen molar-refractivity contribution in [1.29, 1.82) is 0 Å². The molecule has 3 aromatic rings. The number of aryl methyl sites for hydroxylation is 2. The van der Waals surface area contributed by atoms with Crippen molar-refractivity contribution in [1.82, 2.24) is 30.1 Å². The van der Waals surface area contributed by atoms with Gasteiger partial charge in [-0.3, -0.25) is 10.8 Å². The Kier molecular flexibility index (Phi) is 17.8. The highest BCUT2D eigenvalue weighted by atomic mass is 32.2. The van der Waals surface area contributed by atoms with Gasteiger partial charge in [0.15, 0.2) is 0 Å². The molecule has 0 saturated carbocycles. The highest BCUT2D eigenvalue weighted by Crippen LogP contribution is 2.39. The van der Waals surface area contributed by atoms with Crippen LogP contribution >= 0.6 is 25.0 Å². The van der Waals surface area contributed by atoms with Gasteiger partial charge in [0.1, 0.15) is 0 Å². The Morgan fingerprint density at radius 3 is 2.32 bits per heavy atom. The molecule has 4 rings (SSSR count). The molecule has 0 unspecified atom stereocenters. The van der Waals surface area contributed by atoms with E-state index < -0.39 is 0 Å². The largest absolute Gasteiger partial charge is 0.384 e. The fourth-order valence-electron chi connectivity index (χ4n) is 4.83. The lowest BCUT2D eigenvalue weighted by Gasteiger charge is -2.26. The number of pyridine rings is 1. The molecule has 0 aliphatic carbocycles. The number of hydrazine groups is 2. The number of hydrogen-bond donors (Lipinski definition) is 5. The minimum absolute atomic E-state index is 0.248. The molecule has 0 atom stereocenters. The average molecular weight is 606 g/mol. The Morgan fingerprint density at radius 1 is 1.10 bits per heavy atom. The minimum atomic E-state index is -0.248. The normalized spacial score (nSPS) is 13.1. The van der Waals surface area contributed by atoms with Crippen LogP contribution in [0.25, 0.3) is 22.2 Å².